The second-order valence-corrected chi connectivity index (χ2v) is 6.37. The highest BCUT2D eigenvalue weighted by molar-refractivity contribution is 9.10. The van der Waals surface area contributed by atoms with Crippen LogP contribution in [0, 0.1) is 0 Å². The third-order valence-corrected chi connectivity index (χ3v) is 4.54. The Bertz CT molecular complexity index is 657. The van der Waals surface area contributed by atoms with Gasteiger partial charge < -0.3 is 5.32 Å². The molecule has 3 rings (SSSR count). The summed E-state index contributed by atoms with van der Waals surface area (Å²) >= 11 is 9.28. The minimum atomic E-state index is -0.606. The van der Waals surface area contributed by atoms with Crippen molar-refractivity contribution in [2.45, 2.75) is 18.4 Å². The second kappa shape index (κ2) is 4.86. The molecule has 2 aromatic rings. The van der Waals surface area contributed by atoms with E-state index in [9.17, 15) is 4.79 Å². The van der Waals surface area contributed by atoms with Gasteiger partial charge in [-0.3, -0.25) is 9.78 Å². The summed E-state index contributed by atoms with van der Waals surface area (Å²) in [7, 11) is 0. The molecule has 2 atom stereocenters. The minimum absolute atomic E-state index is 0.00883. The van der Waals surface area contributed by atoms with E-state index in [4.69, 9.17) is 11.6 Å². The van der Waals surface area contributed by atoms with Crippen molar-refractivity contribution in [3.05, 3.63) is 63.3 Å². The predicted octanol–water partition coefficient (Wildman–Crippen LogP) is 3.63. The number of β-lactam (4-membered cyclic amide) rings is 1. The van der Waals surface area contributed by atoms with Gasteiger partial charge in [-0.1, -0.05) is 23.7 Å². The van der Waals surface area contributed by atoms with Crippen LogP contribution in [0.4, 0.5) is 0 Å². The molecule has 0 aliphatic carbocycles. The summed E-state index contributed by atoms with van der Waals surface area (Å²) in [6.45, 7) is 1.93. The van der Waals surface area contributed by atoms with Crippen LogP contribution in [0.2, 0.25) is 5.02 Å². The van der Waals surface area contributed by atoms with E-state index < -0.39 is 5.41 Å². The number of hydrogen-bond acceptors (Lipinski definition) is 2. The van der Waals surface area contributed by atoms with Crippen molar-refractivity contribution in [3.63, 3.8) is 0 Å². The first-order valence-electron chi connectivity index (χ1n) is 6.20. The molecule has 1 N–H and O–H groups in total. The number of carbonyl (C=O) groups excluding carboxylic acids is 1. The number of halogens is 2. The van der Waals surface area contributed by atoms with Gasteiger partial charge in [-0.25, -0.2) is 0 Å². The molecule has 0 saturated carbocycles. The molecule has 20 heavy (non-hydrogen) atoms. The van der Waals surface area contributed by atoms with E-state index in [1.165, 1.54) is 0 Å². The molecule has 1 aromatic carbocycles. The smallest absolute Gasteiger partial charge is 0.233 e. The maximum Gasteiger partial charge on any atom is 0.233 e. The maximum absolute atomic E-state index is 12.1. The Kier molecular flexibility index (Phi) is 3.30. The summed E-state index contributed by atoms with van der Waals surface area (Å²) in [5, 5.41) is 3.59. The highest BCUT2D eigenvalue weighted by atomic mass is 79.9. The van der Waals surface area contributed by atoms with Crippen LogP contribution in [0.1, 0.15) is 24.2 Å². The number of carbonyl (C=O) groups is 1. The Morgan fingerprint density at radius 1 is 1.25 bits per heavy atom. The van der Waals surface area contributed by atoms with Crippen molar-refractivity contribution in [3.8, 4) is 0 Å². The average molecular weight is 352 g/mol. The van der Waals surface area contributed by atoms with Crippen molar-refractivity contribution in [1.82, 2.24) is 10.3 Å². The van der Waals surface area contributed by atoms with Gasteiger partial charge in [0.1, 0.15) is 0 Å². The summed E-state index contributed by atoms with van der Waals surface area (Å²) in [6.07, 6.45) is 1.74. The van der Waals surface area contributed by atoms with Crippen LogP contribution in [0.15, 0.2) is 47.1 Å². The molecule has 1 saturated heterocycles. The van der Waals surface area contributed by atoms with Gasteiger partial charge in [0.15, 0.2) is 0 Å². The molecule has 0 bridgehead atoms. The lowest BCUT2D eigenvalue weighted by Crippen LogP contribution is -2.62. The number of nitrogens with one attached hydrogen (secondary N) is 1. The summed E-state index contributed by atoms with van der Waals surface area (Å²) < 4.78 is 0.917. The topological polar surface area (TPSA) is 42.0 Å². The summed E-state index contributed by atoms with van der Waals surface area (Å²) in [5.74, 6) is 0.00883. The van der Waals surface area contributed by atoms with Gasteiger partial charge >= 0.3 is 0 Å². The number of nitrogens with zero attached hydrogens (tertiary/aromatic N) is 1. The van der Waals surface area contributed by atoms with Gasteiger partial charge in [0.05, 0.1) is 17.2 Å². The molecule has 0 spiro atoms. The molecule has 0 unspecified atom stereocenters. The monoisotopic (exact) mass is 350 g/mol. The van der Waals surface area contributed by atoms with Gasteiger partial charge in [-0.15, -0.1) is 0 Å². The normalized spacial score (nSPS) is 24.9. The zero-order valence-corrected chi connectivity index (χ0v) is 13.1. The molecule has 1 amide bonds. The molecule has 102 valence electrons. The van der Waals surface area contributed by atoms with Crippen molar-refractivity contribution >= 4 is 33.4 Å². The molecular weight excluding hydrogens is 340 g/mol. The van der Waals surface area contributed by atoms with E-state index in [1.807, 2.05) is 31.2 Å². The SMILES string of the molecule is C[C@@]1(c2ccc(Cl)cc2)C(=O)N[C@H]1c1ccc(Br)cn1. The van der Waals surface area contributed by atoms with Gasteiger partial charge in [0.2, 0.25) is 5.91 Å². The summed E-state index contributed by atoms with van der Waals surface area (Å²) in [6, 6.07) is 11.1. The maximum atomic E-state index is 12.1. The van der Waals surface area contributed by atoms with Gasteiger partial charge in [-0.2, -0.15) is 0 Å². The van der Waals surface area contributed by atoms with Crippen LogP contribution in [0.5, 0.6) is 0 Å². The quantitative estimate of drug-likeness (QED) is 0.840. The molecule has 5 heteroatoms. The van der Waals surface area contributed by atoms with E-state index >= 15 is 0 Å². The molecular formula is C15H12BrClN2O. The zero-order valence-electron chi connectivity index (χ0n) is 10.7. The second-order valence-electron chi connectivity index (χ2n) is 5.02. The fraction of sp³-hybridized carbons (Fsp3) is 0.200. The van der Waals surface area contributed by atoms with Crippen LogP contribution in [0.3, 0.4) is 0 Å². The van der Waals surface area contributed by atoms with E-state index in [0.29, 0.717) is 5.02 Å². The molecule has 1 aliphatic heterocycles. The first kappa shape index (κ1) is 13.6. The highest BCUT2D eigenvalue weighted by Crippen LogP contribution is 2.44. The number of aromatic nitrogens is 1. The van der Waals surface area contributed by atoms with Crippen LogP contribution in [-0.2, 0) is 10.2 Å². The number of rotatable bonds is 2. The van der Waals surface area contributed by atoms with Crippen LogP contribution >= 0.6 is 27.5 Å². The Hall–Kier alpha value is -1.39. The highest BCUT2D eigenvalue weighted by Gasteiger charge is 2.53. The summed E-state index contributed by atoms with van der Waals surface area (Å²) in [4.78, 5) is 16.5. The zero-order chi connectivity index (χ0) is 14.3. The Morgan fingerprint density at radius 2 is 1.95 bits per heavy atom. The first-order valence-corrected chi connectivity index (χ1v) is 7.37. The van der Waals surface area contributed by atoms with Crippen molar-refractivity contribution in [2.75, 3.05) is 0 Å². The number of amides is 1. The van der Waals surface area contributed by atoms with Gasteiger partial charge in [0, 0.05) is 15.7 Å². The van der Waals surface area contributed by atoms with E-state index in [-0.39, 0.29) is 11.9 Å². The van der Waals surface area contributed by atoms with Gasteiger partial charge in [-0.05, 0) is 52.7 Å². The molecule has 0 radical (unpaired) electrons. The van der Waals surface area contributed by atoms with E-state index in [2.05, 4.69) is 26.2 Å². The fourth-order valence-electron chi connectivity index (χ4n) is 2.50. The third kappa shape index (κ3) is 2.03. The van der Waals surface area contributed by atoms with Gasteiger partial charge in [0.25, 0.3) is 0 Å². The lowest BCUT2D eigenvalue weighted by molar-refractivity contribution is -0.137. The lowest BCUT2D eigenvalue weighted by atomic mass is 9.68. The number of benzene rings is 1. The fourth-order valence-corrected chi connectivity index (χ4v) is 2.86. The van der Waals surface area contributed by atoms with Crippen molar-refractivity contribution in [2.24, 2.45) is 0 Å². The van der Waals surface area contributed by atoms with Crippen molar-refractivity contribution < 1.29 is 4.79 Å². The van der Waals surface area contributed by atoms with Crippen LogP contribution in [0.25, 0.3) is 0 Å². The average Bonchev–Trinajstić information content (AvgIpc) is 2.46. The lowest BCUT2D eigenvalue weighted by Gasteiger charge is -2.46. The number of pyridine rings is 1. The van der Waals surface area contributed by atoms with Crippen LogP contribution in [-0.4, -0.2) is 10.9 Å². The standard InChI is InChI=1S/C15H12BrClN2O/c1-15(9-2-5-11(17)6-3-9)13(19-14(15)20)12-7-4-10(16)8-18-12/h2-8,13H,1H3,(H,19,20)/t13-,15-/m0/s1. The molecule has 1 aliphatic rings. The van der Waals surface area contributed by atoms with Crippen LogP contribution < -0.4 is 5.32 Å². The first-order chi connectivity index (χ1) is 9.51. The third-order valence-electron chi connectivity index (χ3n) is 3.81. The molecule has 1 aromatic heterocycles. The Labute approximate surface area is 130 Å². The van der Waals surface area contributed by atoms with E-state index in [0.717, 1.165) is 15.7 Å². The van der Waals surface area contributed by atoms with E-state index in [1.54, 1.807) is 18.3 Å². The Morgan fingerprint density at radius 3 is 2.50 bits per heavy atom. The minimum Gasteiger partial charge on any atom is -0.345 e. The molecule has 1 fully saturated rings. The van der Waals surface area contributed by atoms with Crippen molar-refractivity contribution in [1.29, 1.82) is 0 Å². The molecule has 2 heterocycles. The molecule has 3 nitrogen and oxygen atoms in total. The largest absolute Gasteiger partial charge is 0.345 e. The Balaban J connectivity index is 1.99. The number of hydrogen-bond donors (Lipinski definition) is 1. The predicted molar refractivity (Wildman–Crippen MR) is 81.6 cm³/mol. The summed E-state index contributed by atoms with van der Waals surface area (Å²) in [5.41, 5.74) is 1.19.